The van der Waals surface area contributed by atoms with Crippen LogP contribution in [-0.4, -0.2) is 15.6 Å². The number of ketones is 1. The molecule has 0 bridgehead atoms. The van der Waals surface area contributed by atoms with Crippen molar-refractivity contribution in [3.8, 4) is 0 Å². The van der Waals surface area contributed by atoms with Gasteiger partial charge in [-0.1, -0.05) is 12.5 Å². The summed E-state index contributed by atoms with van der Waals surface area (Å²) in [4.78, 5) is 12.3. The Labute approximate surface area is 109 Å². The first kappa shape index (κ1) is 13.1. The van der Waals surface area contributed by atoms with Gasteiger partial charge < -0.3 is 0 Å². The smallest absolute Gasteiger partial charge is 0.163 e. The average molecular weight is 246 g/mol. The van der Waals surface area contributed by atoms with Gasteiger partial charge in [0, 0.05) is 24.7 Å². The molecule has 0 saturated heterocycles. The monoisotopic (exact) mass is 246 g/mol. The lowest BCUT2D eigenvalue weighted by Crippen LogP contribution is -2.08. The average Bonchev–Trinajstić information content (AvgIpc) is 2.58. The fraction of sp³-hybridized carbons (Fsp3) is 0.600. The van der Waals surface area contributed by atoms with Crippen LogP contribution in [0.4, 0.5) is 0 Å². The van der Waals surface area contributed by atoms with Gasteiger partial charge in [-0.25, -0.2) is 0 Å². The minimum absolute atomic E-state index is 0.288. The van der Waals surface area contributed by atoms with Crippen molar-refractivity contribution in [1.29, 1.82) is 0 Å². The molecule has 0 unspecified atom stereocenters. The highest BCUT2D eigenvalue weighted by atomic mass is 16.1. The molecule has 0 N–H and O–H groups in total. The van der Waals surface area contributed by atoms with E-state index in [0.29, 0.717) is 6.42 Å². The molecule has 98 valence electrons. The molecular weight excluding hydrogens is 224 g/mol. The van der Waals surface area contributed by atoms with Gasteiger partial charge in [0.15, 0.2) is 5.78 Å². The Balaban J connectivity index is 2.13. The predicted molar refractivity (Wildman–Crippen MR) is 72.6 cm³/mol. The quantitative estimate of drug-likeness (QED) is 0.821. The number of hydrogen-bond donors (Lipinski definition) is 0. The van der Waals surface area contributed by atoms with Crippen molar-refractivity contribution in [2.75, 3.05) is 0 Å². The first-order valence-electron chi connectivity index (χ1n) is 6.81. The Morgan fingerprint density at radius 3 is 2.78 bits per heavy atom. The van der Waals surface area contributed by atoms with Crippen LogP contribution in [0.25, 0.3) is 0 Å². The van der Waals surface area contributed by atoms with Crippen molar-refractivity contribution in [2.45, 2.75) is 52.4 Å². The lowest BCUT2D eigenvalue weighted by atomic mass is 9.98. The molecule has 0 spiro atoms. The summed E-state index contributed by atoms with van der Waals surface area (Å²) < 4.78 is 1.86. The second kappa shape index (κ2) is 5.51. The minimum Gasteiger partial charge on any atom is -0.294 e. The fourth-order valence-corrected chi connectivity index (χ4v) is 2.62. The van der Waals surface area contributed by atoms with Crippen LogP contribution in [0.3, 0.4) is 0 Å². The molecule has 2 rings (SSSR count). The van der Waals surface area contributed by atoms with E-state index in [1.54, 1.807) is 0 Å². The summed E-state index contributed by atoms with van der Waals surface area (Å²) in [7, 11) is 1.93. The minimum atomic E-state index is 0.288. The molecule has 3 nitrogen and oxygen atoms in total. The normalized spacial score (nSPS) is 16.3. The molecule has 3 heteroatoms. The third-order valence-electron chi connectivity index (χ3n) is 3.90. The number of nitrogens with zero attached hydrogens (tertiary/aromatic N) is 2. The Hall–Kier alpha value is -1.38. The van der Waals surface area contributed by atoms with E-state index in [0.717, 1.165) is 41.8 Å². The van der Waals surface area contributed by atoms with Crippen LogP contribution < -0.4 is 0 Å². The highest BCUT2D eigenvalue weighted by Crippen LogP contribution is 2.21. The summed E-state index contributed by atoms with van der Waals surface area (Å²) in [5.74, 6) is 0.288. The molecule has 0 saturated carbocycles. The van der Waals surface area contributed by atoms with E-state index in [4.69, 9.17) is 0 Å². The van der Waals surface area contributed by atoms with Gasteiger partial charge in [0.25, 0.3) is 0 Å². The largest absolute Gasteiger partial charge is 0.294 e. The van der Waals surface area contributed by atoms with Gasteiger partial charge in [0.1, 0.15) is 0 Å². The molecule has 0 aliphatic heterocycles. The van der Waals surface area contributed by atoms with Crippen LogP contribution >= 0.6 is 0 Å². The molecule has 1 aliphatic carbocycles. The van der Waals surface area contributed by atoms with Gasteiger partial charge in [-0.3, -0.25) is 9.48 Å². The van der Waals surface area contributed by atoms with Crippen molar-refractivity contribution in [3.63, 3.8) is 0 Å². The van der Waals surface area contributed by atoms with E-state index in [9.17, 15) is 4.79 Å². The summed E-state index contributed by atoms with van der Waals surface area (Å²) in [5, 5.41) is 4.37. The van der Waals surface area contributed by atoms with Gasteiger partial charge in [0.2, 0.25) is 0 Å². The van der Waals surface area contributed by atoms with Crippen LogP contribution in [0.2, 0.25) is 0 Å². The zero-order chi connectivity index (χ0) is 13.1. The SMILES string of the molecule is Cc1nn(C)c(C)c1CC(=O)C1=CCCCCC1. The number of allylic oxidation sites excluding steroid dienone is 2. The van der Waals surface area contributed by atoms with Crippen molar-refractivity contribution in [2.24, 2.45) is 7.05 Å². The number of Topliss-reactive ketones (excluding diaryl/α,β-unsaturated/α-hetero) is 1. The van der Waals surface area contributed by atoms with Gasteiger partial charge in [-0.2, -0.15) is 5.10 Å². The maximum absolute atomic E-state index is 12.3. The van der Waals surface area contributed by atoms with E-state index in [1.165, 1.54) is 12.8 Å². The lowest BCUT2D eigenvalue weighted by Gasteiger charge is -2.05. The van der Waals surface area contributed by atoms with E-state index in [1.807, 2.05) is 25.6 Å². The summed E-state index contributed by atoms with van der Waals surface area (Å²) >= 11 is 0. The molecule has 0 radical (unpaired) electrons. The Morgan fingerprint density at radius 1 is 1.33 bits per heavy atom. The van der Waals surface area contributed by atoms with Crippen molar-refractivity contribution >= 4 is 5.78 Å². The number of aromatic nitrogens is 2. The van der Waals surface area contributed by atoms with Crippen LogP contribution in [0.5, 0.6) is 0 Å². The van der Waals surface area contributed by atoms with Gasteiger partial charge >= 0.3 is 0 Å². The highest BCUT2D eigenvalue weighted by molar-refractivity contribution is 5.97. The maximum Gasteiger partial charge on any atom is 0.163 e. The Bertz CT molecular complexity index is 483. The number of hydrogen-bond acceptors (Lipinski definition) is 2. The van der Waals surface area contributed by atoms with Crippen molar-refractivity contribution < 1.29 is 4.79 Å². The molecule has 0 fully saturated rings. The second-order valence-corrected chi connectivity index (χ2v) is 5.20. The molecule has 0 aromatic carbocycles. The second-order valence-electron chi connectivity index (χ2n) is 5.20. The molecular formula is C15H22N2O. The Morgan fingerprint density at radius 2 is 2.11 bits per heavy atom. The number of aryl methyl sites for hydroxylation is 2. The molecule has 0 atom stereocenters. The first-order valence-corrected chi connectivity index (χ1v) is 6.81. The predicted octanol–water partition coefficient (Wildman–Crippen LogP) is 3.04. The van der Waals surface area contributed by atoms with Gasteiger partial charge in [-0.15, -0.1) is 0 Å². The third-order valence-corrected chi connectivity index (χ3v) is 3.90. The van der Waals surface area contributed by atoms with Crippen LogP contribution in [0.15, 0.2) is 11.6 Å². The standard InChI is InChI=1S/C15H22N2O/c1-11-14(12(2)17(3)16-11)10-15(18)13-8-6-4-5-7-9-13/h8H,4-7,9-10H2,1-3H3. The molecule has 1 aliphatic rings. The molecule has 1 heterocycles. The highest BCUT2D eigenvalue weighted by Gasteiger charge is 2.17. The maximum atomic E-state index is 12.3. The summed E-state index contributed by atoms with van der Waals surface area (Å²) in [6.45, 7) is 4.02. The lowest BCUT2D eigenvalue weighted by molar-refractivity contribution is -0.115. The van der Waals surface area contributed by atoms with Crippen LogP contribution in [0.1, 0.15) is 49.1 Å². The van der Waals surface area contributed by atoms with E-state index >= 15 is 0 Å². The molecule has 0 amide bonds. The topological polar surface area (TPSA) is 34.9 Å². The Kier molecular flexibility index (Phi) is 4.00. The van der Waals surface area contributed by atoms with E-state index in [2.05, 4.69) is 11.2 Å². The summed E-state index contributed by atoms with van der Waals surface area (Å²) in [6.07, 6.45) is 8.31. The zero-order valence-electron chi connectivity index (χ0n) is 11.6. The number of carbonyl (C=O) groups excluding carboxylic acids is 1. The van der Waals surface area contributed by atoms with Crippen molar-refractivity contribution in [3.05, 3.63) is 28.6 Å². The summed E-state index contributed by atoms with van der Waals surface area (Å²) in [5.41, 5.74) is 4.23. The van der Waals surface area contributed by atoms with Crippen molar-refractivity contribution in [1.82, 2.24) is 9.78 Å². The fourth-order valence-electron chi connectivity index (χ4n) is 2.62. The molecule has 1 aromatic heterocycles. The van der Waals surface area contributed by atoms with Crippen LogP contribution in [-0.2, 0) is 18.3 Å². The van der Waals surface area contributed by atoms with E-state index in [-0.39, 0.29) is 5.78 Å². The zero-order valence-corrected chi connectivity index (χ0v) is 11.6. The van der Waals surface area contributed by atoms with Gasteiger partial charge in [0.05, 0.1) is 5.69 Å². The van der Waals surface area contributed by atoms with Crippen LogP contribution in [0, 0.1) is 13.8 Å². The van der Waals surface area contributed by atoms with E-state index < -0.39 is 0 Å². The van der Waals surface area contributed by atoms with Gasteiger partial charge in [-0.05, 0) is 45.1 Å². The summed E-state index contributed by atoms with van der Waals surface area (Å²) in [6, 6.07) is 0. The number of carbonyl (C=O) groups is 1. The third kappa shape index (κ3) is 2.71. The first-order chi connectivity index (χ1) is 8.59. The molecule has 18 heavy (non-hydrogen) atoms. The molecule has 1 aromatic rings. The number of rotatable bonds is 3.